The van der Waals surface area contributed by atoms with Crippen molar-refractivity contribution in [3.63, 3.8) is 0 Å². The molecule has 1 amide bonds. The molecular weight excluding hydrogens is 239 g/mol. The summed E-state index contributed by atoms with van der Waals surface area (Å²) in [5.41, 5.74) is 0.0527. The summed E-state index contributed by atoms with van der Waals surface area (Å²) in [6.07, 6.45) is 2.21. The fourth-order valence-corrected chi connectivity index (χ4v) is 1.53. The maximum Gasteiger partial charge on any atom is 0.323 e. The van der Waals surface area contributed by atoms with Gasteiger partial charge in [-0.05, 0) is 12.0 Å². The first kappa shape index (κ1) is 14.1. The van der Waals surface area contributed by atoms with Gasteiger partial charge in [0.1, 0.15) is 12.4 Å². The largest absolute Gasteiger partial charge is 0.480 e. The van der Waals surface area contributed by atoms with Crippen molar-refractivity contribution < 1.29 is 19.1 Å². The summed E-state index contributed by atoms with van der Waals surface area (Å²) in [5.74, 6) is -2.14. The van der Waals surface area contributed by atoms with Crippen LogP contribution in [0.4, 0.5) is 4.39 Å². The third-order valence-electron chi connectivity index (χ3n) is 2.15. The summed E-state index contributed by atoms with van der Waals surface area (Å²) in [6.45, 7) is 3.62. The number of hydrogen-bond donors (Lipinski definition) is 1. The maximum absolute atomic E-state index is 13.0. The van der Waals surface area contributed by atoms with Crippen molar-refractivity contribution >= 4 is 11.9 Å². The highest BCUT2D eigenvalue weighted by molar-refractivity contribution is 5.95. The molecule has 1 heterocycles. The topological polar surface area (TPSA) is 70.5 Å². The standard InChI is InChI=1S/C12H15FN2O3/c1-8(2)6-15(7-11(16)17)12(18)9-3-10(13)5-14-4-9/h3-5,8H,6-7H2,1-2H3,(H,16,17). The molecule has 5 nitrogen and oxygen atoms in total. The molecule has 0 saturated heterocycles. The molecule has 0 spiro atoms. The van der Waals surface area contributed by atoms with E-state index in [0.29, 0.717) is 6.54 Å². The van der Waals surface area contributed by atoms with Gasteiger partial charge in [0, 0.05) is 12.7 Å². The number of aromatic nitrogens is 1. The van der Waals surface area contributed by atoms with Crippen molar-refractivity contribution in [1.29, 1.82) is 0 Å². The van der Waals surface area contributed by atoms with Crippen LogP contribution < -0.4 is 0 Å². The lowest BCUT2D eigenvalue weighted by Crippen LogP contribution is -2.38. The van der Waals surface area contributed by atoms with Crippen molar-refractivity contribution in [3.8, 4) is 0 Å². The van der Waals surface area contributed by atoms with Crippen LogP contribution in [0.5, 0.6) is 0 Å². The zero-order valence-corrected chi connectivity index (χ0v) is 10.3. The number of carboxylic acid groups (broad SMARTS) is 1. The highest BCUT2D eigenvalue weighted by Crippen LogP contribution is 2.08. The molecule has 6 heteroatoms. The lowest BCUT2D eigenvalue weighted by atomic mass is 10.1. The van der Waals surface area contributed by atoms with Gasteiger partial charge >= 0.3 is 5.97 Å². The van der Waals surface area contributed by atoms with E-state index in [1.807, 2.05) is 13.8 Å². The Hall–Kier alpha value is -1.98. The number of pyridine rings is 1. The minimum atomic E-state index is -1.10. The Labute approximate surface area is 104 Å². The first-order chi connectivity index (χ1) is 8.40. The molecule has 98 valence electrons. The SMILES string of the molecule is CC(C)CN(CC(=O)O)C(=O)c1cncc(F)c1. The van der Waals surface area contributed by atoms with Gasteiger partial charge in [0.2, 0.25) is 0 Å². The van der Waals surface area contributed by atoms with Crippen LogP contribution in [0, 0.1) is 11.7 Å². The lowest BCUT2D eigenvalue weighted by molar-refractivity contribution is -0.137. The fourth-order valence-electron chi connectivity index (χ4n) is 1.53. The highest BCUT2D eigenvalue weighted by Gasteiger charge is 2.20. The smallest absolute Gasteiger partial charge is 0.323 e. The van der Waals surface area contributed by atoms with Gasteiger partial charge in [-0.1, -0.05) is 13.8 Å². The monoisotopic (exact) mass is 254 g/mol. The summed E-state index contributed by atoms with van der Waals surface area (Å²) in [6, 6.07) is 1.05. The van der Waals surface area contributed by atoms with E-state index in [0.717, 1.165) is 12.3 Å². The van der Waals surface area contributed by atoms with Gasteiger partial charge < -0.3 is 10.0 Å². The second kappa shape index (κ2) is 6.09. The second-order valence-electron chi connectivity index (χ2n) is 4.37. The van der Waals surface area contributed by atoms with Crippen LogP contribution in [-0.2, 0) is 4.79 Å². The summed E-state index contributed by atoms with van der Waals surface area (Å²) >= 11 is 0. The Morgan fingerprint density at radius 2 is 2.11 bits per heavy atom. The van der Waals surface area contributed by atoms with E-state index >= 15 is 0 Å². The molecule has 0 unspecified atom stereocenters. The molecule has 0 aromatic carbocycles. The van der Waals surface area contributed by atoms with Crippen LogP contribution in [0.25, 0.3) is 0 Å². The van der Waals surface area contributed by atoms with E-state index in [-0.39, 0.29) is 11.5 Å². The van der Waals surface area contributed by atoms with Crippen molar-refractivity contribution in [3.05, 3.63) is 29.8 Å². The number of amides is 1. The molecule has 1 rings (SSSR count). The quantitative estimate of drug-likeness (QED) is 0.862. The number of carbonyl (C=O) groups excluding carboxylic acids is 1. The van der Waals surface area contributed by atoms with Gasteiger partial charge in [-0.3, -0.25) is 14.6 Å². The number of rotatable bonds is 5. The Balaban J connectivity index is 2.90. The molecule has 0 atom stereocenters. The predicted molar refractivity (Wildman–Crippen MR) is 62.6 cm³/mol. The molecule has 0 radical (unpaired) electrons. The summed E-state index contributed by atoms with van der Waals surface area (Å²) < 4.78 is 13.0. The number of nitrogens with zero attached hydrogens (tertiary/aromatic N) is 2. The van der Waals surface area contributed by atoms with Crippen LogP contribution in [-0.4, -0.2) is 40.0 Å². The third kappa shape index (κ3) is 4.12. The third-order valence-corrected chi connectivity index (χ3v) is 2.15. The van der Waals surface area contributed by atoms with Crippen molar-refractivity contribution in [2.75, 3.05) is 13.1 Å². The highest BCUT2D eigenvalue weighted by atomic mass is 19.1. The molecule has 1 aromatic rings. The van der Waals surface area contributed by atoms with Crippen LogP contribution >= 0.6 is 0 Å². The van der Waals surface area contributed by atoms with E-state index < -0.39 is 24.2 Å². The van der Waals surface area contributed by atoms with E-state index in [9.17, 15) is 14.0 Å². The summed E-state index contributed by atoms with van der Waals surface area (Å²) in [5, 5.41) is 8.76. The Morgan fingerprint density at radius 1 is 1.44 bits per heavy atom. The molecule has 0 aliphatic heterocycles. The zero-order valence-electron chi connectivity index (χ0n) is 10.3. The van der Waals surface area contributed by atoms with Crippen LogP contribution in [0.3, 0.4) is 0 Å². The fraction of sp³-hybridized carbons (Fsp3) is 0.417. The van der Waals surface area contributed by atoms with Crippen LogP contribution in [0.1, 0.15) is 24.2 Å². The van der Waals surface area contributed by atoms with Crippen molar-refractivity contribution in [1.82, 2.24) is 9.88 Å². The number of carboxylic acids is 1. The van der Waals surface area contributed by atoms with Gasteiger partial charge in [-0.15, -0.1) is 0 Å². The maximum atomic E-state index is 13.0. The zero-order chi connectivity index (χ0) is 13.7. The van der Waals surface area contributed by atoms with Gasteiger partial charge in [0.25, 0.3) is 5.91 Å². The molecule has 0 aliphatic rings. The van der Waals surface area contributed by atoms with E-state index in [2.05, 4.69) is 4.98 Å². The molecule has 18 heavy (non-hydrogen) atoms. The predicted octanol–water partition coefficient (Wildman–Crippen LogP) is 1.40. The molecule has 1 N–H and O–H groups in total. The molecule has 0 saturated carbocycles. The molecule has 0 fully saturated rings. The number of halogens is 1. The normalized spacial score (nSPS) is 10.4. The first-order valence-corrected chi connectivity index (χ1v) is 5.51. The van der Waals surface area contributed by atoms with E-state index in [4.69, 9.17) is 5.11 Å². The number of hydrogen-bond acceptors (Lipinski definition) is 3. The van der Waals surface area contributed by atoms with Gasteiger partial charge in [-0.2, -0.15) is 0 Å². The number of carbonyl (C=O) groups is 2. The number of aliphatic carboxylic acids is 1. The Bertz CT molecular complexity index is 449. The summed E-state index contributed by atoms with van der Waals surface area (Å²) in [7, 11) is 0. The second-order valence-corrected chi connectivity index (χ2v) is 4.37. The van der Waals surface area contributed by atoms with Crippen molar-refractivity contribution in [2.45, 2.75) is 13.8 Å². The minimum absolute atomic E-state index is 0.0527. The average Bonchev–Trinajstić information content (AvgIpc) is 2.26. The average molecular weight is 254 g/mol. The Morgan fingerprint density at radius 3 is 2.61 bits per heavy atom. The van der Waals surface area contributed by atoms with Crippen molar-refractivity contribution in [2.24, 2.45) is 5.92 Å². The van der Waals surface area contributed by atoms with Gasteiger partial charge in [-0.25, -0.2) is 4.39 Å². The van der Waals surface area contributed by atoms with Gasteiger partial charge in [0.05, 0.1) is 11.8 Å². The molecular formula is C12H15FN2O3. The minimum Gasteiger partial charge on any atom is -0.480 e. The van der Waals surface area contributed by atoms with Crippen LogP contribution in [0.2, 0.25) is 0 Å². The Kier molecular flexibility index (Phi) is 4.76. The van der Waals surface area contributed by atoms with Gasteiger partial charge in [0.15, 0.2) is 0 Å². The first-order valence-electron chi connectivity index (χ1n) is 5.51. The van der Waals surface area contributed by atoms with E-state index in [1.165, 1.54) is 11.1 Å². The van der Waals surface area contributed by atoms with Crippen LogP contribution in [0.15, 0.2) is 18.5 Å². The van der Waals surface area contributed by atoms with E-state index in [1.54, 1.807) is 0 Å². The molecule has 1 aromatic heterocycles. The summed E-state index contributed by atoms with van der Waals surface area (Å²) in [4.78, 5) is 27.5. The molecule has 0 aliphatic carbocycles. The lowest BCUT2D eigenvalue weighted by Gasteiger charge is -2.22. The molecule has 0 bridgehead atoms.